The van der Waals surface area contributed by atoms with Gasteiger partial charge >= 0.3 is 29.6 Å². The van der Waals surface area contributed by atoms with Crippen molar-refractivity contribution in [2.24, 2.45) is 10.2 Å². The fourth-order valence-corrected chi connectivity index (χ4v) is 5.97. The number of benzene rings is 5. The molecule has 0 bridgehead atoms. The van der Waals surface area contributed by atoms with Gasteiger partial charge in [0.15, 0.2) is 5.75 Å². The van der Waals surface area contributed by atoms with Gasteiger partial charge in [-0.15, -0.1) is 5.11 Å². The molecule has 5 aromatic carbocycles. The standard InChI is InChI=1S/C30H23N5O9S2.Na/c1-18-12-13-23(45(40,41)34-21-8-5-10-24(16-21)46(42,43)44)17-27(18)32-33-28-25-11-3-2-6-19(25)14-26(29(28)36)30(37)31-20-7-4-9-22(15-20)35(38)39;/h2-17,34,36H,1H3,(H,31,37)(H,42,43,44);/q;+1/p-1. The zero-order valence-corrected chi connectivity index (χ0v) is 28.2. The van der Waals surface area contributed by atoms with Gasteiger partial charge in [0.2, 0.25) is 0 Å². The number of aromatic hydroxyl groups is 1. The first kappa shape index (κ1) is 35.1. The molecule has 0 heterocycles. The number of nitro benzene ring substituents is 1. The predicted molar refractivity (Wildman–Crippen MR) is 167 cm³/mol. The molecule has 0 aliphatic heterocycles. The number of nitro groups is 1. The molecular formula is C30H22N5NaO9S2. The van der Waals surface area contributed by atoms with Crippen molar-refractivity contribution in [1.82, 2.24) is 0 Å². The second-order valence-electron chi connectivity index (χ2n) is 9.84. The zero-order valence-electron chi connectivity index (χ0n) is 24.6. The Kier molecular flexibility index (Phi) is 10.4. The van der Waals surface area contributed by atoms with E-state index in [1.807, 2.05) is 0 Å². The van der Waals surface area contributed by atoms with E-state index in [1.165, 1.54) is 54.6 Å². The summed E-state index contributed by atoms with van der Waals surface area (Å²) >= 11 is 0. The average Bonchev–Trinajstić information content (AvgIpc) is 3.00. The zero-order chi connectivity index (χ0) is 33.2. The van der Waals surface area contributed by atoms with Gasteiger partial charge < -0.3 is 15.0 Å². The Balaban J connectivity index is 0.00000500. The minimum absolute atomic E-state index is 0. The predicted octanol–water partition coefficient (Wildman–Crippen LogP) is 3.14. The minimum Gasteiger partial charge on any atom is -0.744 e. The number of fused-ring (bicyclic) bond motifs is 1. The maximum atomic E-state index is 13.2. The normalized spacial score (nSPS) is 11.6. The molecule has 0 aliphatic rings. The van der Waals surface area contributed by atoms with E-state index in [1.54, 1.807) is 31.2 Å². The van der Waals surface area contributed by atoms with E-state index in [2.05, 4.69) is 20.3 Å². The van der Waals surface area contributed by atoms with Crippen LogP contribution in [0.2, 0.25) is 0 Å². The van der Waals surface area contributed by atoms with E-state index in [-0.39, 0.29) is 68.5 Å². The maximum absolute atomic E-state index is 13.2. The van der Waals surface area contributed by atoms with Crippen molar-refractivity contribution in [3.05, 3.63) is 118 Å². The van der Waals surface area contributed by atoms with Gasteiger partial charge in [-0.25, -0.2) is 16.8 Å². The Morgan fingerprint density at radius 3 is 2.26 bits per heavy atom. The van der Waals surface area contributed by atoms with Gasteiger partial charge in [-0.2, -0.15) is 5.11 Å². The Hall–Kier alpha value is -4.71. The van der Waals surface area contributed by atoms with Crippen LogP contribution >= 0.6 is 0 Å². The van der Waals surface area contributed by atoms with Crippen LogP contribution in [0.1, 0.15) is 15.9 Å². The fourth-order valence-electron chi connectivity index (χ4n) is 4.38. The first-order chi connectivity index (χ1) is 21.7. The molecule has 17 heteroatoms. The number of phenols is 1. The Morgan fingerprint density at radius 2 is 1.53 bits per heavy atom. The van der Waals surface area contributed by atoms with E-state index in [0.717, 1.165) is 18.2 Å². The summed E-state index contributed by atoms with van der Waals surface area (Å²) in [5.74, 6) is -1.31. The van der Waals surface area contributed by atoms with Crippen LogP contribution in [-0.4, -0.2) is 37.3 Å². The van der Waals surface area contributed by atoms with Crippen LogP contribution in [-0.2, 0) is 20.1 Å². The Bertz CT molecular complexity index is 2300. The minimum atomic E-state index is -4.82. The number of anilines is 2. The van der Waals surface area contributed by atoms with Gasteiger partial charge in [0.25, 0.3) is 21.6 Å². The summed E-state index contributed by atoms with van der Waals surface area (Å²) in [5.41, 5.74) is 0.0336. The number of non-ortho nitro benzene ring substituents is 1. The molecule has 0 unspecified atom stereocenters. The molecule has 0 spiro atoms. The van der Waals surface area contributed by atoms with E-state index in [9.17, 15) is 41.4 Å². The van der Waals surface area contributed by atoms with Crippen molar-refractivity contribution in [3.8, 4) is 5.75 Å². The first-order valence-electron chi connectivity index (χ1n) is 13.1. The molecule has 0 saturated heterocycles. The molecule has 0 fully saturated rings. The van der Waals surface area contributed by atoms with E-state index < -0.39 is 41.6 Å². The summed E-state index contributed by atoms with van der Waals surface area (Å²) in [6.45, 7) is 1.64. The molecule has 3 N–H and O–H groups in total. The summed E-state index contributed by atoms with van der Waals surface area (Å²) in [6, 6.07) is 21.8. The number of phenolic OH excluding ortho intramolecular Hbond substituents is 1. The van der Waals surface area contributed by atoms with Crippen molar-refractivity contribution < 1.29 is 65.8 Å². The van der Waals surface area contributed by atoms with Crippen LogP contribution in [0.25, 0.3) is 10.8 Å². The number of carbonyl (C=O) groups is 1. The number of hydrogen-bond donors (Lipinski definition) is 3. The third kappa shape index (κ3) is 7.99. The smallest absolute Gasteiger partial charge is 0.744 e. The monoisotopic (exact) mass is 683 g/mol. The average molecular weight is 684 g/mol. The summed E-state index contributed by atoms with van der Waals surface area (Å²) in [7, 11) is -9.11. The van der Waals surface area contributed by atoms with E-state index in [4.69, 9.17) is 0 Å². The number of carbonyl (C=O) groups excluding carboxylic acids is 1. The van der Waals surface area contributed by atoms with E-state index >= 15 is 0 Å². The van der Waals surface area contributed by atoms with Crippen LogP contribution < -0.4 is 39.6 Å². The number of amides is 1. The second-order valence-corrected chi connectivity index (χ2v) is 12.9. The quantitative estimate of drug-likeness (QED) is 0.0682. The fraction of sp³-hybridized carbons (Fsp3) is 0.0333. The second kappa shape index (κ2) is 14.0. The maximum Gasteiger partial charge on any atom is 1.00 e. The molecule has 5 rings (SSSR count). The largest absolute Gasteiger partial charge is 1.00 e. The van der Waals surface area contributed by atoms with Gasteiger partial charge in [0.1, 0.15) is 15.8 Å². The molecule has 14 nitrogen and oxygen atoms in total. The van der Waals surface area contributed by atoms with Crippen LogP contribution in [0.3, 0.4) is 0 Å². The molecular weight excluding hydrogens is 661 g/mol. The van der Waals surface area contributed by atoms with Crippen molar-refractivity contribution in [3.63, 3.8) is 0 Å². The summed E-state index contributed by atoms with van der Waals surface area (Å²) in [6.07, 6.45) is 0. The number of sulfonamides is 1. The number of nitrogens with one attached hydrogen (secondary N) is 2. The number of azo groups is 1. The third-order valence-corrected chi connectivity index (χ3v) is 8.89. The Morgan fingerprint density at radius 1 is 0.830 bits per heavy atom. The Labute approximate surface area is 290 Å². The molecule has 5 aromatic rings. The molecule has 47 heavy (non-hydrogen) atoms. The topological polar surface area (TPSA) is 221 Å². The SMILES string of the molecule is Cc1ccc(S(=O)(=O)Nc2cccc(S(=O)(=O)[O-])c2)cc1N=Nc1c(O)c(C(=O)Nc2cccc([N+](=O)[O-])c2)cc2ccccc12.[Na+]. The molecule has 234 valence electrons. The van der Waals surface area contributed by atoms with Gasteiger partial charge in [-0.1, -0.05) is 42.5 Å². The number of nitrogens with zero attached hydrogens (tertiary/aromatic N) is 3. The summed E-state index contributed by atoms with van der Waals surface area (Å²) < 4.78 is 62.5. The molecule has 0 aliphatic carbocycles. The molecule has 0 saturated carbocycles. The molecule has 0 radical (unpaired) electrons. The third-order valence-electron chi connectivity index (χ3n) is 6.68. The van der Waals surface area contributed by atoms with Gasteiger partial charge in [-0.3, -0.25) is 19.6 Å². The van der Waals surface area contributed by atoms with Gasteiger partial charge in [0, 0.05) is 23.2 Å². The van der Waals surface area contributed by atoms with E-state index in [0.29, 0.717) is 16.3 Å². The van der Waals surface area contributed by atoms with Crippen LogP contribution in [0.4, 0.5) is 28.4 Å². The van der Waals surface area contributed by atoms with Crippen molar-refractivity contribution in [2.75, 3.05) is 10.0 Å². The van der Waals surface area contributed by atoms with Crippen molar-refractivity contribution >= 4 is 65.3 Å². The molecule has 0 aromatic heterocycles. The van der Waals surface area contributed by atoms with Gasteiger partial charge in [0.05, 0.1) is 31.7 Å². The van der Waals surface area contributed by atoms with Crippen LogP contribution in [0, 0.1) is 17.0 Å². The van der Waals surface area contributed by atoms with Crippen molar-refractivity contribution in [2.45, 2.75) is 16.7 Å². The summed E-state index contributed by atoms with van der Waals surface area (Å²) in [5, 5.41) is 34.1. The number of rotatable bonds is 9. The molecule has 1 amide bonds. The summed E-state index contributed by atoms with van der Waals surface area (Å²) in [4.78, 5) is 22.8. The first-order valence-corrected chi connectivity index (χ1v) is 16.0. The molecule has 0 atom stereocenters. The van der Waals surface area contributed by atoms with Crippen LogP contribution in [0.5, 0.6) is 5.75 Å². The number of aryl methyl sites for hydroxylation is 1. The van der Waals surface area contributed by atoms with Gasteiger partial charge in [-0.05, 0) is 60.3 Å². The van der Waals surface area contributed by atoms with Crippen molar-refractivity contribution in [1.29, 1.82) is 0 Å². The number of hydrogen-bond acceptors (Lipinski definition) is 11. The van der Waals surface area contributed by atoms with Crippen LogP contribution in [0.15, 0.2) is 117 Å².